The van der Waals surface area contributed by atoms with E-state index in [9.17, 15) is 9.90 Å². The molecule has 0 saturated carbocycles. The molecule has 0 aromatic heterocycles. The lowest BCUT2D eigenvalue weighted by molar-refractivity contribution is 0.0187. The molecule has 7 nitrogen and oxygen atoms in total. The van der Waals surface area contributed by atoms with Gasteiger partial charge in [0.05, 0.1) is 6.10 Å². The third-order valence-corrected chi connectivity index (χ3v) is 4.56. The molecule has 2 aliphatic heterocycles. The number of aliphatic hydroxyl groups excluding tert-OH is 1. The van der Waals surface area contributed by atoms with Crippen LogP contribution in [0.25, 0.3) is 0 Å². The first-order chi connectivity index (χ1) is 11.8. The van der Waals surface area contributed by atoms with E-state index in [1.165, 1.54) is 0 Å². The van der Waals surface area contributed by atoms with Crippen molar-refractivity contribution in [2.45, 2.75) is 58.7 Å². The number of likely N-dealkylation sites (tertiary alicyclic amines) is 2. The number of nitrogens with zero attached hydrogens (tertiary/aromatic N) is 3. The maximum atomic E-state index is 12.1. The van der Waals surface area contributed by atoms with E-state index in [-0.39, 0.29) is 36.2 Å². The predicted octanol–water partition coefficient (Wildman–Crippen LogP) is 2.28. The number of β-amino-alcohol motifs (C(OH)–C–C–N with tert-alkyl or cyclic N) is 1. The van der Waals surface area contributed by atoms with Gasteiger partial charge in [0, 0.05) is 39.3 Å². The number of carbonyl (C=O) groups is 1. The monoisotopic (exact) mass is 482 g/mol. The Morgan fingerprint density at radius 2 is 1.81 bits per heavy atom. The van der Waals surface area contributed by atoms with Crippen molar-refractivity contribution in [1.82, 2.24) is 15.1 Å². The molecule has 0 aromatic rings. The molecule has 1 amide bonds. The zero-order chi connectivity index (χ0) is 18.4. The van der Waals surface area contributed by atoms with Crippen LogP contribution in [0.3, 0.4) is 0 Å². The van der Waals surface area contributed by atoms with Gasteiger partial charge in [0.25, 0.3) is 0 Å². The third-order valence-electron chi connectivity index (χ3n) is 4.56. The zero-order valence-electron chi connectivity index (χ0n) is 16.5. The molecule has 2 aliphatic rings. The minimum atomic E-state index is -0.445. The first-order valence-corrected chi connectivity index (χ1v) is 9.47. The van der Waals surface area contributed by atoms with Gasteiger partial charge in [0.2, 0.25) is 0 Å². The van der Waals surface area contributed by atoms with Crippen molar-refractivity contribution in [3.63, 3.8) is 0 Å². The van der Waals surface area contributed by atoms with E-state index < -0.39 is 5.60 Å². The molecule has 0 unspecified atom stereocenters. The van der Waals surface area contributed by atoms with Crippen molar-refractivity contribution >= 4 is 36.0 Å². The zero-order valence-corrected chi connectivity index (χ0v) is 18.9. The molecule has 0 aromatic carbocycles. The van der Waals surface area contributed by atoms with Crippen molar-refractivity contribution in [3.05, 3.63) is 0 Å². The van der Waals surface area contributed by atoms with Crippen LogP contribution in [0.5, 0.6) is 0 Å². The number of nitrogens with one attached hydrogen (secondary N) is 1. The van der Waals surface area contributed by atoms with Crippen LogP contribution in [0, 0.1) is 5.92 Å². The highest BCUT2D eigenvalue weighted by Gasteiger charge is 2.27. The summed E-state index contributed by atoms with van der Waals surface area (Å²) in [4.78, 5) is 20.8. The maximum Gasteiger partial charge on any atom is 0.410 e. The topological polar surface area (TPSA) is 77.4 Å². The minimum Gasteiger partial charge on any atom is -0.444 e. The lowest BCUT2D eigenvalue weighted by Crippen LogP contribution is -2.43. The number of aliphatic hydroxyl groups is 1. The Morgan fingerprint density at radius 1 is 1.19 bits per heavy atom. The van der Waals surface area contributed by atoms with Crippen molar-refractivity contribution in [1.29, 1.82) is 0 Å². The average molecular weight is 482 g/mol. The van der Waals surface area contributed by atoms with E-state index in [0.29, 0.717) is 12.5 Å². The summed E-state index contributed by atoms with van der Waals surface area (Å²) in [6.07, 6.45) is 2.24. The summed E-state index contributed by atoms with van der Waals surface area (Å²) in [6, 6.07) is 0. The molecule has 26 heavy (non-hydrogen) atoms. The molecule has 2 rings (SSSR count). The second-order valence-corrected chi connectivity index (χ2v) is 7.99. The van der Waals surface area contributed by atoms with E-state index in [0.717, 1.165) is 57.9 Å². The van der Waals surface area contributed by atoms with Gasteiger partial charge in [-0.1, -0.05) is 0 Å². The third kappa shape index (κ3) is 7.46. The molecule has 0 aliphatic carbocycles. The number of hydrogen-bond donors (Lipinski definition) is 2. The number of hydrogen-bond acceptors (Lipinski definition) is 4. The standard InChI is InChI=1S/C18H34N4O3.HI/c1-5-19-16(22-11-8-15(23)13-22)20-12-14-6-9-21(10-7-14)17(24)25-18(2,3)4;/h14-15,23H,5-13H2,1-4H3,(H,19,20);1H/t15-;/m1./s1. The summed E-state index contributed by atoms with van der Waals surface area (Å²) in [7, 11) is 0. The summed E-state index contributed by atoms with van der Waals surface area (Å²) < 4.78 is 5.44. The molecular weight excluding hydrogens is 447 g/mol. The van der Waals surface area contributed by atoms with Crippen molar-refractivity contribution in [2.75, 3.05) is 39.3 Å². The van der Waals surface area contributed by atoms with Crippen LogP contribution in [-0.2, 0) is 4.74 Å². The maximum absolute atomic E-state index is 12.1. The van der Waals surface area contributed by atoms with Crippen molar-refractivity contribution < 1.29 is 14.6 Å². The fourth-order valence-corrected chi connectivity index (χ4v) is 3.20. The summed E-state index contributed by atoms with van der Waals surface area (Å²) in [5, 5.41) is 13.0. The van der Waals surface area contributed by atoms with Crippen LogP contribution in [0.4, 0.5) is 4.79 Å². The van der Waals surface area contributed by atoms with E-state index in [4.69, 9.17) is 9.73 Å². The van der Waals surface area contributed by atoms with Crippen LogP contribution < -0.4 is 5.32 Å². The lowest BCUT2D eigenvalue weighted by atomic mass is 9.97. The van der Waals surface area contributed by atoms with Gasteiger partial charge in [-0.3, -0.25) is 4.99 Å². The summed E-state index contributed by atoms with van der Waals surface area (Å²) in [5.41, 5.74) is -0.445. The Balaban J connectivity index is 0.00000338. The van der Waals surface area contributed by atoms with E-state index in [2.05, 4.69) is 17.1 Å². The van der Waals surface area contributed by atoms with Gasteiger partial charge in [0.1, 0.15) is 5.60 Å². The van der Waals surface area contributed by atoms with Gasteiger partial charge >= 0.3 is 6.09 Å². The Kier molecular flexibility index (Phi) is 9.43. The van der Waals surface area contributed by atoms with E-state index in [1.807, 2.05) is 20.8 Å². The Hall–Kier alpha value is -0.770. The van der Waals surface area contributed by atoms with Gasteiger partial charge in [0.15, 0.2) is 5.96 Å². The number of piperidine rings is 1. The van der Waals surface area contributed by atoms with E-state index in [1.54, 1.807) is 4.90 Å². The fraction of sp³-hybridized carbons (Fsp3) is 0.889. The van der Waals surface area contributed by atoms with Gasteiger partial charge in [-0.05, 0) is 52.9 Å². The first kappa shape index (κ1) is 23.3. The number of aliphatic imine (C=N–C) groups is 1. The number of amides is 1. The van der Waals surface area contributed by atoms with Crippen molar-refractivity contribution in [2.24, 2.45) is 10.9 Å². The number of ether oxygens (including phenoxy) is 1. The van der Waals surface area contributed by atoms with Crippen LogP contribution in [-0.4, -0.2) is 77.9 Å². The fourth-order valence-electron chi connectivity index (χ4n) is 3.20. The molecule has 2 N–H and O–H groups in total. The van der Waals surface area contributed by atoms with Crippen molar-refractivity contribution in [3.8, 4) is 0 Å². The molecule has 8 heteroatoms. The highest BCUT2D eigenvalue weighted by molar-refractivity contribution is 14.0. The van der Waals surface area contributed by atoms with Crippen LogP contribution in [0.15, 0.2) is 4.99 Å². The molecule has 0 spiro atoms. The number of carbonyl (C=O) groups excluding carboxylic acids is 1. The average Bonchev–Trinajstić information content (AvgIpc) is 2.96. The van der Waals surface area contributed by atoms with Gasteiger partial charge in [-0.25, -0.2) is 4.79 Å². The first-order valence-electron chi connectivity index (χ1n) is 9.47. The summed E-state index contributed by atoms with van der Waals surface area (Å²) in [6.45, 7) is 12.3. The van der Waals surface area contributed by atoms with Gasteiger partial charge in [-0.2, -0.15) is 0 Å². The molecular formula is C18H35IN4O3. The van der Waals surface area contributed by atoms with Gasteiger partial charge < -0.3 is 25.0 Å². The second kappa shape index (κ2) is 10.5. The molecule has 152 valence electrons. The normalized spacial score (nSPS) is 22.2. The Labute approximate surface area is 174 Å². The summed E-state index contributed by atoms with van der Waals surface area (Å²) >= 11 is 0. The highest BCUT2D eigenvalue weighted by Crippen LogP contribution is 2.20. The van der Waals surface area contributed by atoms with E-state index >= 15 is 0 Å². The molecule has 2 fully saturated rings. The Bertz CT molecular complexity index is 474. The molecule has 2 saturated heterocycles. The SMILES string of the molecule is CCNC(=NCC1CCN(C(=O)OC(C)(C)C)CC1)N1CC[C@@H](O)C1.I. The van der Waals surface area contributed by atoms with Crippen LogP contribution in [0.1, 0.15) is 47.0 Å². The number of guanidine groups is 1. The summed E-state index contributed by atoms with van der Waals surface area (Å²) in [5.74, 6) is 1.38. The predicted molar refractivity (Wildman–Crippen MR) is 114 cm³/mol. The number of halogens is 1. The molecule has 0 bridgehead atoms. The number of rotatable bonds is 3. The lowest BCUT2D eigenvalue weighted by Gasteiger charge is -2.33. The second-order valence-electron chi connectivity index (χ2n) is 7.99. The Morgan fingerprint density at radius 3 is 2.31 bits per heavy atom. The van der Waals surface area contributed by atoms with Gasteiger partial charge in [-0.15, -0.1) is 24.0 Å². The van der Waals surface area contributed by atoms with Crippen LogP contribution >= 0.6 is 24.0 Å². The largest absolute Gasteiger partial charge is 0.444 e. The van der Waals surface area contributed by atoms with Crippen LogP contribution in [0.2, 0.25) is 0 Å². The minimum absolute atomic E-state index is 0. The smallest absolute Gasteiger partial charge is 0.410 e. The molecule has 1 atom stereocenters. The molecule has 0 radical (unpaired) electrons. The highest BCUT2D eigenvalue weighted by atomic mass is 127. The molecule has 2 heterocycles. The quantitative estimate of drug-likeness (QED) is 0.367.